The van der Waals surface area contributed by atoms with Crippen LogP contribution in [0, 0.1) is 0 Å². The van der Waals surface area contributed by atoms with Crippen LogP contribution in [-0.2, 0) is 6.54 Å². The Morgan fingerprint density at radius 2 is 1.78 bits per heavy atom. The van der Waals surface area contributed by atoms with Gasteiger partial charge in [-0.3, -0.25) is 4.90 Å². The first-order valence-electron chi connectivity index (χ1n) is 6.72. The number of likely N-dealkylation sites (tertiary alicyclic amines) is 1. The minimum atomic E-state index is 0.473. The molecule has 0 radical (unpaired) electrons. The molecular formula is C15H22N2S. The van der Waals surface area contributed by atoms with Crippen LogP contribution in [0.5, 0.6) is 0 Å². The van der Waals surface area contributed by atoms with Crippen molar-refractivity contribution in [1.82, 2.24) is 4.90 Å². The van der Waals surface area contributed by atoms with Gasteiger partial charge in [-0.15, -0.1) is 0 Å². The van der Waals surface area contributed by atoms with Gasteiger partial charge in [0.15, 0.2) is 0 Å². The fourth-order valence-electron chi connectivity index (χ4n) is 2.77. The Morgan fingerprint density at radius 1 is 1.22 bits per heavy atom. The van der Waals surface area contributed by atoms with Gasteiger partial charge in [-0.2, -0.15) is 0 Å². The average molecular weight is 262 g/mol. The summed E-state index contributed by atoms with van der Waals surface area (Å²) >= 11 is 4.97. The van der Waals surface area contributed by atoms with Gasteiger partial charge in [0.25, 0.3) is 0 Å². The smallest absolute Gasteiger partial charge is 0.103 e. The molecule has 2 N–H and O–H groups in total. The lowest BCUT2D eigenvalue weighted by Crippen LogP contribution is -2.42. The fourth-order valence-corrected chi connectivity index (χ4v) is 2.91. The maximum Gasteiger partial charge on any atom is 0.103 e. The molecule has 0 spiro atoms. The standard InChI is InChI=1S/C15H22N2S/c1-11-4-3-5-12(2)17(11)10-13-6-8-14(9-7-13)15(16)18/h6-9,11-12H,3-5,10H2,1-2H3,(H2,16,18)/t11-,12+. The second kappa shape index (κ2) is 5.81. The summed E-state index contributed by atoms with van der Waals surface area (Å²) in [7, 11) is 0. The fraction of sp³-hybridized carbons (Fsp3) is 0.533. The molecule has 1 heterocycles. The third kappa shape index (κ3) is 3.09. The topological polar surface area (TPSA) is 29.3 Å². The van der Waals surface area contributed by atoms with Gasteiger partial charge in [-0.05, 0) is 32.3 Å². The number of hydrogen-bond acceptors (Lipinski definition) is 2. The normalized spacial score (nSPS) is 25.0. The van der Waals surface area contributed by atoms with E-state index < -0.39 is 0 Å². The van der Waals surface area contributed by atoms with E-state index in [1.165, 1.54) is 24.8 Å². The van der Waals surface area contributed by atoms with E-state index in [0.717, 1.165) is 12.1 Å². The van der Waals surface area contributed by atoms with Gasteiger partial charge in [0.1, 0.15) is 4.99 Å². The zero-order chi connectivity index (χ0) is 13.1. The SMILES string of the molecule is C[C@@H]1CCC[C@H](C)N1Cc1ccc(C(N)=S)cc1. The maximum absolute atomic E-state index is 5.61. The summed E-state index contributed by atoms with van der Waals surface area (Å²) < 4.78 is 0. The number of nitrogens with two attached hydrogens (primary N) is 1. The summed E-state index contributed by atoms with van der Waals surface area (Å²) in [6.07, 6.45) is 3.99. The molecule has 0 aliphatic carbocycles. The third-order valence-electron chi connectivity index (χ3n) is 3.98. The lowest BCUT2D eigenvalue weighted by molar-refractivity contribution is 0.0953. The Morgan fingerprint density at radius 3 is 2.28 bits per heavy atom. The molecule has 1 aromatic rings. The van der Waals surface area contributed by atoms with Crippen molar-refractivity contribution in [2.24, 2.45) is 5.73 Å². The highest BCUT2D eigenvalue weighted by Gasteiger charge is 2.24. The number of hydrogen-bond donors (Lipinski definition) is 1. The number of piperidine rings is 1. The van der Waals surface area contributed by atoms with Gasteiger partial charge in [-0.1, -0.05) is 42.9 Å². The van der Waals surface area contributed by atoms with E-state index in [4.69, 9.17) is 18.0 Å². The monoisotopic (exact) mass is 262 g/mol. The van der Waals surface area contributed by atoms with E-state index in [2.05, 4.69) is 30.9 Å². The van der Waals surface area contributed by atoms with Crippen LogP contribution >= 0.6 is 12.2 Å². The first-order chi connectivity index (χ1) is 8.58. The van der Waals surface area contributed by atoms with Crippen molar-refractivity contribution in [2.75, 3.05) is 0 Å². The average Bonchev–Trinajstić information content (AvgIpc) is 2.34. The Balaban J connectivity index is 2.06. The van der Waals surface area contributed by atoms with Crippen LogP contribution in [0.4, 0.5) is 0 Å². The van der Waals surface area contributed by atoms with Crippen molar-refractivity contribution in [2.45, 2.75) is 51.7 Å². The van der Waals surface area contributed by atoms with Gasteiger partial charge in [0.2, 0.25) is 0 Å². The van der Waals surface area contributed by atoms with Gasteiger partial charge >= 0.3 is 0 Å². The summed E-state index contributed by atoms with van der Waals surface area (Å²) in [6, 6.07) is 9.70. The molecule has 1 saturated heterocycles. The summed E-state index contributed by atoms with van der Waals surface area (Å²) in [4.78, 5) is 3.07. The molecule has 2 atom stereocenters. The highest BCUT2D eigenvalue weighted by Crippen LogP contribution is 2.24. The molecule has 0 unspecified atom stereocenters. The molecular weight excluding hydrogens is 240 g/mol. The van der Waals surface area contributed by atoms with E-state index in [0.29, 0.717) is 17.1 Å². The zero-order valence-corrected chi connectivity index (χ0v) is 12.0. The van der Waals surface area contributed by atoms with E-state index in [1.807, 2.05) is 12.1 Å². The summed E-state index contributed by atoms with van der Waals surface area (Å²) in [6.45, 7) is 5.69. The Kier molecular flexibility index (Phi) is 4.36. The van der Waals surface area contributed by atoms with E-state index in [9.17, 15) is 0 Å². The summed E-state index contributed by atoms with van der Waals surface area (Å²) in [5, 5.41) is 0. The van der Waals surface area contributed by atoms with E-state index in [-0.39, 0.29) is 0 Å². The Labute approximate surface area is 115 Å². The molecule has 0 saturated carbocycles. The second-order valence-electron chi connectivity index (χ2n) is 5.36. The minimum Gasteiger partial charge on any atom is -0.389 e. The molecule has 0 amide bonds. The van der Waals surface area contributed by atoms with Gasteiger partial charge in [-0.25, -0.2) is 0 Å². The lowest BCUT2D eigenvalue weighted by atomic mass is 9.96. The highest BCUT2D eigenvalue weighted by atomic mass is 32.1. The van der Waals surface area contributed by atoms with Crippen molar-refractivity contribution < 1.29 is 0 Å². The van der Waals surface area contributed by atoms with Crippen LogP contribution in [0.1, 0.15) is 44.2 Å². The second-order valence-corrected chi connectivity index (χ2v) is 5.80. The van der Waals surface area contributed by atoms with Crippen molar-refractivity contribution >= 4 is 17.2 Å². The van der Waals surface area contributed by atoms with Crippen molar-refractivity contribution in [3.05, 3.63) is 35.4 Å². The molecule has 2 rings (SSSR count). The quantitative estimate of drug-likeness (QED) is 0.849. The number of thiocarbonyl (C=S) groups is 1. The van der Waals surface area contributed by atoms with Crippen LogP contribution in [-0.4, -0.2) is 22.0 Å². The maximum atomic E-state index is 5.61. The first kappa shape index (κ1) is 13.5. The molecule has 3 heteroatoms. The predicted octanol–water partition coefficient (Wildman–Crippen LogP) is 3.08. The van der Waals surface area contributed by atoms with Crippen molar-refractivity contribution in [1.29, 1.82) is 0 Å². The Hall–Kier alpha value is -0.930. The van der Waals surface area contributed by atoms with Crippen LogP contribution in [0.15, 0.2) is 24.3 Å². The molecule has 1 aliphatic rings. The van der Waals surface area contributed by atoms with E-state index in [1.54, 1.807) is 0 Å². The largest absolute Gasteiger partial charge is 0.389 e. The van der Waals surface area contributed by atoms with E-state index >= 15 is 0 Å². The molecule has 1 fully saturated rings. The minimum absolute atomic E-state index is 0.473. The van der Waals surface area contributed by atoms with Crippen LogP contribution in [0.3, 0.4) is 0 Å². The molecule has 0 bridgehead atoms. The third-order valence-corrected chi connectivity index (χ3v) is 4.22. The number of benzene rings is 1. The molecule has 1 aromatic carbocycles. The highest BCUT2D eigenvalue weighted by molar-refractivity contribution is 7.80. The van der Waals surface area contributed by atoms with Crippen LogP contribution in [0.2, 0.25) is 0 Å². The number of rotatable bonds is 3. The van der Waals surface area contributed by atoms with Gasteiger partial charge in [0.05, 0.1) is 0 Å². The molecule has 18 heavy (non-hydrogen) atoms. The molecule has 1 aliphatic heterocycles. The first-order valence-corrected chi connectivity index (χ1v) is 7.13. The van der Waals surface area contributed by atoms with Crippen molar-refractivity contribution in [3.63, 3.8) is 0 Å². The summed E-state index contributed by atoms with van der Waals surface area (Å²) in [5.74, 6) is 0. The van der Waals surface area contributed by atoms with Crippen LogP contribution in [0.25, 0.3) is 0 Å². The van der Waals surface area contributed by atoms with Crippen LogP contribution < -0.4 is 5.73 Å². The molecule has 0 aromatic heterocycles. The Bertz CT molecular complexity index is 403. The van der Waals surface area contributed by atoms with Gasteiger partial charge in [0, 0.05) is 24.2 Å². The van der Waals surface area contributed by atoms with Gasteiger partial charge < -0.3 is 5.73 Å². The predicted molar refractivity (Wildman–Crippen MR) is 80.6 cm³/mol. The lowest BCUT2D eigenvalue weighted by Gasteiger charge is -2.39. The number of nitrogens with zero attached hydrogens (tertiary/aromatic N) is 1. The van der Waals surface area contributed by atoms with Crippen molar-refractivity contribution in [3.8, 4) is 0 Å². The summed E-state index contributed by atoms with van der Waals surface area (Å²) in [5.41, 5.74) is 7.91. The molecule has 98 valence electrons. The molecule has 2 nitrogen and oxygen atoms in total. The zero-order valence-electron chi connectivity index (χ0n) is 11.2.